The Morgan fingerprint density at radius 3 is 2.15 bits per heavy atom. The van der Waals surface area contributed by atoms with Gasteiger partial charge in [0.1, 0.15) is 5.75 Å². The van der Waals surface area contributed by atoms with Gasteiger partial charge in [-0.3, -0.25) is 19.7 Å². The van der Waals surface area contributed by atoms with Crippen LogP contribution in [-0.2, 0) is 10.2 Å². The van der Waals surface area contributed by atoms with Crippen molar-refractivity contribution < 1.29 is 19.2 Å². The number of non-ortho nitro benzene ring substituents is 1. The van der Waals surface area contributed by atoms with E-state index in [2.05, 4.69) is 5.32 Å². The van der Waals surface area contributed by atoms with Gasteiger partial charge in [0, 0.05) is 23.4 Å². The van der Waals surface area contributed by atoms with Crippen molar-refractivity contribution in [2.45, 2.75) is 26.2 Å². The van der Waals surface area contributed by atoms with Crippen LogP contribution in [0.5, 0.6) is 5.75 Å². The highest BCUT2D eigenvalue weighted by atomic mass is 16.6. The molecule has 0 heterocycles. The number of nitrogens with zero attached hydrogens (tertiary/aromatic N) is 1. The summed E-state index contributed by atoms with van der Waals surface area (Å²) in [6.07, 6.45) is 3.00. The Labute approximate surface area is 198 Å². The van der Waals surface area contributed by atoms with Crippen molar-refractivity contribution in [3.8, 4) is 5.75 Å². The smallest absolute Gasteiger partial charge is 0.269 e. The van der Waals surface area contributed by atoms with Crippen molar-refractivity contribution in [3.63, 3.8) is 0 Å². The number of nitrogens with one attached hydrogen (secondary N) is 1. The quantitative estimate of drug-likeness (QED) is 0.189. The lowest BCUT2D eigenvalue weighted by atomic mass is 9.83. The molecule has 0 saturated heterocycles. The van der Waals surface area contributed by atoms with Gasteiger partial charge in [-0.05, 0) is 86.5 Å². The van der Waals surface area contributed by atoms with Gasteiger partial charge in [0.15, 0.2) is 5.78 Å². The Hall–Kier alpha value is -4.26. The van der Waals surface area contributed by atoms with Crippen LogP contribution < -0.4 is 10.1 Å². The third kappa shape index (κ3) is 5.95. The van der Waals surface area contributed by atoms with Gasteiger partial charge >= 0.3 is 0 Å². The van der Waals surface area contributed by atoms with E-state index >= 15 is 0 Å². The zero-order valence-corrected chi connectivity index (χ0v) is 19.3. The number of allylic oxidation sites excluding steroid dienone is 1. The van der Waals surface area contributed by atoms with E-state index in [1.807, 2.05) is 45.0 Å². The summed E-state index contributed by atoms with van der Waals surface area (Å²) in [5, 5.41) is 13.6. The summed E-state index contributed by atoms with van der Waals surface area (Å²) in [6.45, 7) is 6.19. The van der Waals surface area contributed by atoms with E-state index in [-0.39, 0.29) is 17.4 Å². The maximum Gasteiger partial charge on any atom is 0.269 e. The minimum atomic E-state index is -0.771. The SMILES string of the molecule is CCOc1ccc(C(C)(C)C(=O)Nc2ccc(C(=O)C=Cc3ccc([N+](=O)[O-])cc3)cc2)cc1. The van der Waals surface area contributed by atoms with Gasteiger partial charge in [-0.2, -0.15) is 0 Å². The first kappa shape index (κ1) is 24.4. The molecule has 0 bridgehead atoms. The number of benzene rings is 3. The number of carbonyl (C=O) groups is 2. The number of carbonyl (C=O) groups excluding carboxylic acids is 2. The monoisotopic (exact) mass is 458 g/mol. The molecule has 0 aromatic heterocycles. The zero-order chi connectivity index (χ0) is 24.7. The second kappa shape index (κ2) is 10.6. The number of rotatable bonds is 9. The van der Waals surface area contributed by atoms with Crippen LogP contribution in [0.15, 0.2) is 78.9 Å². The number of hydrogen-bond acceptors (Lipinski definition) is 5. The summed E-state index contributed by atoms with van der Waals surface area (Å²) in [5.41, 5.74) is 1.80. The molecule has 0 atom stereocenters. The Bertz CT molecular complexity index is 1200. The van der Waals surface area contributed by atoms with E-state index in [1.165, 1.54) is 18.2 Å². The molecule has 0 radical (unpaired) electrons. The van der Waals surface area contributed by atoms with Gasteiger partial charge in [-0.1, -0.05) is 18.2 Å². The third-order valence-electron chi connectivity index (χ3n) is 5.41. The molecule has 1 amide bonds. The van der Waals surface area contributed by atoms with Crippen LogP contribution in [0.1, 0.15) is 42.3 Å². The summed E-state index contributed by atoms with van der Waals surface area (Å²) in [4.78, 5) is 35.6. The summed E-state index contributed by atoms with van der Waals surface area (Å²) in [6, 6.07) is 20.0. The lowest BCUT2D eigenvalue weighted by Crippen LogP contribution is -2.34. The molecule has 7 heteroatoms. The first-order valence-electron chi connectivity index (χ1n) is 10.8. The average Bonchev–Trinajstić information content (AvgIpc) is 2.83. The molecule has 3 aromatic rings. The Morgan fingerprint density at radius 2 is 1.59 bits per heavy atom. The van der Waals surface area contributed by atoms with Crippen molar-refractivity contribution in [2.75, 3.05) is 11.9 Å². The van der Waals surface area contributed by atoms with Crippen LogP contribution in [0.3, 0.4) is 0 Å². The van der Waals surface area contributed by atoms with Crippen molar-refractivity contribution in [1.29, 1.82) is 0 Å². The van der Waals surface area contributed by atoms with Gasteiger partial charge in [0.05, 0.1) is 16.9 Å². The van der Waals surface area contributed by atoms with Gasteiger partial charge < -0.3 is 10.1 Å². The number of ketones is 1. The third-order valence-corrected chi connectivity index (χ3v) is 5.41. The number of nitro benzene ring substituents is 1. The minimum Gasteiger partial charge on any atom is -0.494 e. The van der Waals surface area contributed by atoms with Crippen LogP contribution in [0.4, 0.5) is 11.4 Å². The number of amides is 1. The summed E-state index contributed by atoms with van der Waals surface area (Å²) >= 11 is 0. The van der Waals surface area contributed by atoms with Gasteiger partial charge in [-0.25, -0.2) is 0 Å². The summed E-state index contributed by atoms with van der Waals surface area (Å²) in [7, 11) is 0. The Morgan fingerprint density at radius 1 is 0.971 bits per heavy atom. The van der Waals surface area contributed by atoms with E-state index in [1.54, 1.807) is 42.5 Å². The Kier molecular flexibility index (Phi) is 7.58. The predicted molar refractivity (Wildman–Crippen MR) is 132 cm³/mol. The van der Waals surface area contributed by atoms with Crippen molar-refractivity contribution >= 4 is 29.1 Å². The fourth-order valence-corrected chi connectivity index (χ4v) is 3.25. The van der Waals surface area contributed by atoms with Gasteiger partial charge in [0.2, 0.25) is 5.91 Å². The molecule has 0 aliphatic carbocycles. The molecule has 0 saturated carbocycles. The molecule has 1 N–H and O–H groups in total. The number of anilines is 1. The molecule has 0 unspecified atom stereocenters. The first-order chi connectivity index (χ1) is 16.2. The van der Waals surface area contributed by atoms with E-state index in [0.717, 1.165) is 11.3 Å². The maximum absolute atomic E-state index is 12.9. The number of ether oxygens (including phenoxy) is 1. The number of nitro groups is 1. The second-order valence-electron chi connectivity index (χ2n) is 8.16. The fourth-order valence-electron chi connectivity index (χ4n) is 3.25. The highest BCUT2D eigenvalue weighted by Gasteiger charge is 2.29. The molecule has 0 aliphatic heterocycles. The van der Waals surface area contributed by atoms with E-state index in [9.17, 15) is 19.7 Å². The highest BCUT2D eigenvalue weighted by Crippen LogP contribution is 2.27. The van der Waals surface area contributed by atoms with Crippen LogP contribution in [0.2, 0.25) is 0 Å². The van der Waals surface area contributed by atoms with Crippen molar-refractivity contribution in [3.05, 3.63) is 106 Å². The van der Waals surface area contributed by atoms with E-state index in [0.29, 0.717) is 23.4 Å². The average molecular weight is 459 g/mol. The van der Waals surface area contributed by atoms with Crippen LogP contribution in [0, 0.1) is 10.1 Å². The van der Waals surface area contributed by atoms with Gasteiger partial charge in [0.25, 0.3) is 5.69 Å². The molecule has 34 heavy (non-hydrogen) atoms. The molecule has 0 aliphatic rings. The molecule has 7 nitrogen and oxygen atoms in total. The maximum atomic E-state index is 12.9. The molecular formula is C27H26N2O5. The number of hydrogen-bond donors (Lipinski definition) is 1. The van der Waals surface area contributed by atoms with E-state index < -0.39 is 10.3 Å². The van der Waals surface area contributed by atoms with Gasteiger partial charge in [-0.15, -0.1) is 0 Å². The molecule has 3 aromatic carbocycles. The van der Waals surface area contributed by atoms with Crippen LogP contribution >= 0.6 is 0 Å². The Balaban J connectivity index is 1.63. The lowest BCUT2D eigenvalue weighted by molar-refractivity contribution is -0.384. The zero-order valence-electron chi connectivity index (χ0n) is 19.3. The highest BCUT2D eigenvalue weighted by molar-refractivity contribution is 6.07. The van der Waals surface area contributed by atoms with Crippen LogP contribution in [-0.4, -0.2) is 23.2 Å². The molecule has 0 fully saturated rings. The minimum absolute atomic E-state index is 0.00758. The second-order valence-corrected chi connectivity index (χ2v) is 8.16. The molecule has 174 valence electrons. The van der Waals surface area contributed by atoms with E-state index in [4.69, 9.17) is 4.74 Å². The standard InChI is InChI=1S/C27H26N2O5/c1-4-34-24-16-10-21(11-17-24)27(2,3)26(31)28-22-12-8-20(9-13-22)25(30)18-7-19-5-14-23(15-6-19)29(32)33/h5-18H,4H2,1-3H3,(H,28,31). The normalized spacial score (nSPS) is 11.3. The van der Waals surface area contributed by atoms with Crippen molar-refractivity contribution in [2.24, 2.45) is 0 Å². The molecule has 3 rings (SSSR count). The van der Waals surface area contributed by atoms with Crippen molar-refractivity contribution in [1.82, 2.24) is 0 Å². The lowest BCUT2D eigenvalue weighted by Gasteiger charge is -2.24. The predicted octanol–water partition coefficient (Wildman–Crippen LogP) is 5.81. The topological polar surface area (TPSA) is 98.5 Å². The van der Waals surface area contributed by atoms with Crippen LogP contribution in [0.25, 0.3) is 6.08 Å². The first-order valence-corrected chi connectivity index (χ1v) is 10.8. The largest absolute Gasteiger partial charge is 0.494 e. The molecular weight excluding hydrogens is 432 g/mol. The summed E-state index contributed by atoms with van der Waals surface area (Å²) < 4.78 is 5.46. The molecule has 0 spiro atoms. The summed E-state index contributed by atoms with van der Waals surface area (Å²) in [5.74, 6) is 0.366. The fraction of sp³-hybridized carbons (Fsp3) is 0.185.